The summed E-state index contributed by atoms with van der Waals surface area (Å²) >= 11 is 0. The van der Waals surface area contributed by atoms with Gasteiger partial charge in [-0.25, -0.2) is 10.9 Å². The topological polar surface area (TPSA) is 83.3 Å². The molecule has 1 fully saturated rings. The second kappa shape index (κ2) is 13.0. The van der Waals surface area contributed by atoms with Crippen molar-refractivity contribution >= 4 is 0 Å². The van der Waals surface area contributed by atoms with Crippen molar-refractivity contribution in [1.29, 1.82) is 0 Å². The van der Waals surface area contributed by atoms with E-state index in [2.05, 4.69) is 20.7 Å². The number of aliphatic hydroxyl groups excluding tert-OH is 1. The summed E-state index contributed by atoms with van der Waals surface area (Å²) in [5.74, 6) is 0. The first kappa shape index (κ1) is 20.7. The van der Waals surface area contributed by atoms with Crippen molar-refractivity contribution in [2.45, 2.75) is 19.3 Å². The molecule has 1 heterocycles. The van der Waals surface area contributed by atoms with Crippen molar-refractivity contribution in [3.8, 4) is 0 Å². The molecule has 0 radical (unpaired) electrons. The average molecular weight is 332 g/mol. The number of nitrogens with one attached hydrogen (secondary N) is 2. The summed E-state index contributed by atoms with van der Waals surface area (Å²) in [5, 5.41) is 13.2. The Bertz CT molecular complexity index is 275. The van der Waals surface area contributed by atoms with Gasteiger partial charge < -0.3 is 20.6 Å². The summed E-state index contributed by atoms with van der Waals surface area (Å²) < 4.78 is 0. The van der Waals surface area contributed by atoms with E-state index in [-0.39, 0.29) is 6.61 Å². The highest BCUT2D eigenvalue weighted by Crippen LogP contribution is 2.06. The molecule has 1 aliphatic heterocycles. The largest absolute Gasteiger partial charge is 0.395 e. The van der Waals surface area contributed by atoms with Crippen LogP contribution in [-0.2, 0) is 0 Å². The van der Waals surface area contributed by atoms with E-state index in [1.807, 2.05) is 24.3 Å². The molecule has 8 nitrogen and oxygen atoms in total. The van der Waals surface area contributed by atoms with Gasteiger partial charge in [0, 0.05) is 32.7 Å². The monoisotopic (exact) mass is 331 g/mol. The van der Waals surface area contributed by atoms with Gasteiger partial charge in [0.05, 0.1) is 13.2 Å². The Labute approximate surface area is 141 Å². The van der Waals surface area contributed by atoms with Crippen LogP contribution in [0.25, 0.3) is 0 Å². The van der Waals surface area contributed by atoms with Crippen molar-refractivity contribution in [2.24, 2.45) is 5.73 Å². The molecule has 5 N–H and O–H groups in total. The van der Waals surface area contributed by atoms with Gasteiger partial charge in [-0.1, -0.05) is 0 Å². The second-order valence-electron chi connectivity index (χ2n) is 6.28. The Morgan fingerprint density at radius 2 is 1.65 bits per heavy atom. The fourth-order valence-electron chi connectivity index (χ4n) is 2.71. The first-order valence-electron chi connectivity index (χ1n) is 8.87. The number of rotatable bonds is 14. The maximum absolute atomic E-state index is 9.29. The predicted octanol–water partition coefficient (Wildman–Crippen LogP) is -1.49. The molecule has 0 aromatic heterocycles. The fourth-order valence-corrected chi connectivity index (χ4v) is 2.71. The smallest absolute Gasteiger partial charge is 0.0587 e. The van der Waals surface area contributed by atoms with Crippen LogP contribution in [0.1, 0.15) is 19.3 Å². The Kier molecular flexibility index (Phi) is 11.7. The molecular weight excluding hydrogens is 294 g/mol. The Morgan fingerprint density at radius 1 is 1.00 bits per heavy atom. The molecule has 1 saturated heterocycles. The zero-order valence-corrected chi connectivity index (χ0v) is 15.0. The first-order valence-corrected chi connectivity index (χ1v) is 8.87. The lowest BCUT2D eigenvalue weighted by Crippen LogP contribution is -2.60. The molecule has 0 aromatic rings. The molecule has 1 aliphatic rings. The summed E-state index contributed by atoms with van der Waals surface area (Å²) in [6, 6.07) is 0. The molecule has 0 unspecified atom stereocenters. The maximum atomic E-state index is 9.29. The Balaban J connectivity index is 2.30. The van der Waals surface area contributed by atoms with E-state index in [4.69, 9.17) is 5.73 Å². The van der Waals surface area contributed by atoms with Crippen LogP contribution in [-0.4, -0.2) is 105 Å². The van der Waals surface area contributed by atoms with Gasteiger partial charge >= 0.3 is 0 Å². The minimum atomic E-state index is 0.103. The van der Waals surface area contributed by atoms with Gasteiger partial charge in [-0.15, -0.1) is 0 Å². The van der Waals surface area contributed by atoms with Gasteiger partial charge in [-0.2, -0.15) is 10.2 Å². The van der Waals surface area contributed by atoms with Crippen molar-refractivity contribution in [1.82, 2.24) is 30.9 Å². The highest BCUT2D eigenvalue weighted by atomic mass is 16.3. The molecule has 0 atom stereocenters. The van der Waals surface area contributed by atoms with Crippen LogP contribution in [0, 0.1) is 0 Å². The van der Waals surface area contributed by atoms with E-state index in [9.17, 15) is 5.11 Å². The number of aliphatic hydroxyl groups is 1. The lowest BCUT2D eigenvalue weighted by atomic mass is 10.4. The average Bonchev–Trinajstić information content (AvgIpc) is 3.02. The van der Waals surface area contributed by atoms with E-state index < -0.39 is 0 Å². The van der Waals surface area contributed by atoms with Crippen molar-refractivity contribution in [3.05, 3.63) is 0 Å². The van der Waals surface area contributed by atoms with Gasteiger partial charge in [-0.3, -0.25) is 0 Å². The number of nitrogens with two attached hydrogens (primary N) is 1. The standard InChI is InChI=1S/C15H37N7O/c1-19(2)13-8-18-22(14-15-23)21(12-6-16)17-7-5-11-20-9-3-4-10-20/h17-18,23H,3-16H2,1-2H3. The molecule has 0 aliphatic carbocycles. The van der Waals surface area contributed by atoms with Gasteiger partial charge in [0.2, 0.25) is 0 Å². The number of hydrogen-bond donors (Lipinski definition) is 4. The lowest BCUT2D eigenvalue weighted by molar-refractivity contribution is -0.114. The molecular formula is C15H37N7O. The fraction of sp³-hybridized carbons (Fsp3) is 1.00. The molecule has 0 aromatic carbocycles. The zero-order chi connectivity index (χ0) is 16.9. The third kappa shape index (κ3) is 9.53. The van der Waals surface area contributed by atoms with Gasteiger partial charge in [0.1, 0.15) is 0 Å². The molecule has 8 heteroatoms. The van der Waals surface area contributed by atoms with E-state index in [1.165, 1.54) is 25.9 Å². The number of likely N-dealkylation sites (N-methyl/N-ethyl adjacent to an activating group) is 1. The number of hydrogen-bond acceptors (Lipinski definition) is 8. The molecule has 0 bridgehead atoms. The predicted molar refractivity (Wildman–Crippen MR) is 94.4 cm³/mol. The molecule has 0 amide bonds. The molecule has 23 heavy (non-hydrogen) atoms. The number of hydrazine groups is 3. The highest BCUT2D eigenvalue weighted by molar-refractivity contribution is 4.66. The third-order valence-electron chi connectivity index (χ3n) is 3.94. The minimum absolute atomic E-state index is 0.103. The van der Waals surface area contributed by atoms with Crippen LogP contribution in [0.2, 0.25) is 0 Å². The summed E-state index contributed by atoms with van der Waals surface area (Å²) in [6.45, 7) is 8.22. The Hall–Kier alpha value is -0.320. The summed E-state index contributed by atoms with van der Waals surface area (Å²) in [5.41, 5.74) is 12.5. The van der Waals surface area contributed by atoms with Gasteiger partial charge in [0.15, 0.2) is 0 Å². The highest BCUT2D eigenvalue weighted by Gasteiger charge is 2.14. The lowest BCUT2D eigenvalue weighted by Gasteiger charge is -2.35. The maximum Gasteiger partial charge on any atom is 0.0587 e. The number of nitrogens with zero attached hydrogens (tertiary/aromatic N) is 4. The van der Waals surface area contributed by atoms with Crippen molar-refractivity contribution < 1.29 is 5.11 Å². The molecule has 138 valence electrons. The van der Waals surface area contributed by atoms with Crippen LogP contribution in [0.5, 0.6) is 0 Å². The minimum Gasteiger partial charge on any atom is -0.395 e. The van der Waals surface area contributed by atoms with E-state index in [1.54, 1.807) is 0 Å². The van der Waals surface area contributed by atoms with E-state index in [0.717, 1.165) is 32.6 Å². The normalized spacial score (nSPS) is 16.3. The van der Waals surface area contributed by atoms with Crippen LogP contribution in [0.15, 0.2) is 0 Å². The second-order valence-corrected chi connectivity index (χ2v) is 6.28. The first-order chi connectivity index (χ1) is 11.2. The van der Waals surface area contributed by atoms with Crippen LogP contribution in [0.3, 0.4) is 0 Å². The quantitative estimate of drug-likeness (QED) is 0.226. The van der Waals surface area contributed by atoms with Gasteiger partial charge in [0.25, 0.3) is 0 Å². The Morgan fingerprint density at radius 3 is 2.26 bits per heavy atom. The van der Waals surface area contributed by atoms with E-state index in [0.29, 0.717) is 19.6 Å². The van der Waals surface area contributed by atoms with Crippen LogP contribution < -0.4 is 16.6 Å². The third-order valence-corrected chi connectivity index (χ3v) is 3.94. The van der Waals surface area contributed by atoms with Crippen molar-refractivity contribution in [3.63, 3.8) is 0 Å². The van der Waals surface area contributed by atoms with Crippen LogP contribution in [0.4, 0.5) is 0 Å². The SMILES string of the molecule is CN(C)CCNN(CCO)N(CCN)NCCCN1CCCC1. The molecule has 1 rings (SSSR count). The van der Waals surface area contributed by atoms with Crippen molar-refractivity contribution in [2.75, 3.05) is 79.6 Å². The number of likely N-dealkylation sites (tertiary alicyclic amines) is 1. The van der Waals surface area contributed by atoms with Crippen LogP contribution >= 0.6 is 0 Å². The summed E-state index contributed by atoms with van der Waals surface area (Å²) in [7, 11) is 4.10. The zero-order valence-electron chi connectivity index (χ0n) is 15.0. The molecule has 0 saturated carbocycles. The molecule has 0 spiro atoms. The summed E-state index contributed by atoms with van der Waals surface area (Å²) in [4.78, 5) is 4.65. The van der Waals surface area contributed by atoms with E-state index >= 15 is 0 Å². The van der Waals surface area contributed by atoms with Gasteiger partial charge in [-0.05, 0) is 53.0 Å². The summed E-state index contributed by atoms with van der Waals surface area (Å²) in [6.07, 6.45) is 3.80.